The average molecular weight is 363 g/mol. The number of hydrogen-bond acceptors (Lipinski definition) is 9. The molecule has 11 nitrogen and oxygen atoms in total. The summed E-state index contributed by atoms with van der Waals surface area (Å²) in [5.41, 5.74) is 1.66. The van der Waals surface area contributed by atoms with Crippen LogP contribution in [-0.2, 0) is 0 Å². The number of aromatic nitrogens is 9. The van der Waals surface area contributed by atoms with Crippen LogP contribution in [0.4, 0.5) is 0 Å². The van der Waals surface area contributed by atoms with Gasteiger partial charge in [0.15, 0.2) is 23.3 Å². The van der Waals surface area contributed by atoms with Gasteiger partial charge in [0.2, 0.25) is 5.82 Å². The Morgan fingerprint density at radius 3 is 2.96 bits per heavy atom. The zero-order valence-electron chi connectivity index (χ0n) is 14.4. The lowest BCUT2D eigenvalue weighted by Gasteiger charge is -2.13. The van der Waals surface area contributed by atoms with E-state index in [-0.39, 0.29) is 0 Å². The number of pyridine rings is 1. The van der Waals surface area contributed by atoms with E-state index < -0.39 is 6.10 Å². The molecular weight excluding hydrogens is 350 g/mol. The minimum atomic E-state index is -0.406. The van der Waals surface area contributed by atoms with E-state index in [4.69, 9.17) is 9.26 Å². The molecule has 27 heavy (non-hydrogen) atoms. The average Bonchev–Trinajstić information content (AvgIpc) is 3.42. The van der Waals surface area contributed by atoms with Crippen LogP contribution in [0.3, 0.4) is 0 Å². The molecule has 1 unspecified atom stereocenters. The zero-order chi connectivity index (χ0) is 18.4. The fourth-order valence-electron chi connectivity index (χ4n) is 2.78. The predicted octanol–water partition coefficient (Wildman–Crippen LogP) is 1.89. The van der Waals surface area contributed by atoms with E-state index in [0.717, 1.165) is 5.39 Å². The molecule has 0 aliphatic heterocycles. The predicted molar refractivity (Wildman–Crippen MR) is 91.7 cm³/mol. The van der Waals surface area contributed by atoms with E-state index in [9.17, 15) is 0 Å². The largest absolute Gasteiger partial charge is 0.464 e. The third-order valence-corrected chi connectivity index (χ3v) is 4.05. The lowest BCUT2D eigenvalue weighted by atomic mass is 10.3. The molecule has 5 aromatic rings. The van der Waals surface area contributed by atoms with E-state index >= 15 is 0 Å². The number of aromatic amines is 1. The fourth-order valence-corrected chi connectivity index (χ4v) is 2.78. The molecule has 134 valence electrons. The van der Waals surface area contributed by atoms with Gasteiger partial charge in [-0.3, -0.25) is 10.1 Å². The highest BCUT2D eigenvalue weighted by molar-refractivity contribution is 5.94. The van der Waals surface area contributed by atoms with Crippen molar-refractivity contribution >= 4 is 16.6 Å². The molecule has 0 saturated carbocycles. The lowest BCUT2D eigenvalue weighted by molar-refractivity contribution is 0.207. The van der Waals surface area contributed by atoms with Gasteiger partial charge in [-0.1, -0.05) is 5.16 Å². The van der Waals surface area contributed by atoms with Gasteiger partial charge < -0.3 is 9.26 Å². The van der Waals surface area contributed by atoms with Crippen LogP contribution in [0.1, 0.15) is 24.6 Å². The summed E-state index contributed by atoms with van der Waals surface area (Å²) in [6, 6.07) is 5.47. The van der Waals surface area contributed by atoms with Crippen molar-refractivity contribution in [2.45, 2.75) is 20.0 Å². The van der Waals surface area contributed by atoms with E-state index in [2.05, 4.69) is 40.6 Å². The Hall–Kier alpha value is -3.89. The van der Waals surface area contributed by atoms with Crippen molar-refractivity contribution in [3.05, 3.63) is 42.3 Å². The van der Waals surface area contributed by atoms with Gasteiger partial charge in [0, 0.05) is 12.3 Å². The van der Waals surface area contributed by atoms with Crippen LogP contribution >= 0.6 is 0 Å². The van der Waals surface area contributed by atoms with Gasteiger partial charge in [0.05, 0.1) is 5.39 Å². The van der Waals surface area contributed by atoms with Crippen molar-refractivity contribution in [1.29, 1.82) is 0 Å². The van der Waals surface area contributed by atoms with Gasteiger partial charge in [-0.05, 0) is 26.0 Å². The van der Waals surface area contributed by atoms with Gasteiger partial charge in [0.1, 0.15) is 17.6 Å². The number of rotatable bonds is 4. The highest BCUT2D eigenvalue weighted by Crippen LogP contribution is 2.29. The molecule has 1 N–H and O–H groups in total. The second-order valence-electron chi connectivity index (χ2n) is 5.92. The summed E-state index contributed by atoms with van der Waals surface area (Å²) in [6.45, 7) is 3.65. The Bertz CT molecular complexity index is 1240. The summed E-state index contributed by atoms with van der Waals surface area (Å²) in [6.07, 6.45) is 2.69. The molecule has 0 spiro atoms. The summed E-state index contributed by atoms with van der Waals surface area (Å²) in [5.74, 6) is 2.02. The maximum atomic E-state index is 6.02. The normalized spacial score (nSPS) is 12.7. The zero-order valence-corrected chi connectivity index (χ0v) is 14.4. The summed E-state index contributed by atoms with van der Waals surface area (Å²) in [4.78, 5) is 8.52. The molecule has 0 aliphatic carbocycles. The van der Waals surface area contributed by atoms with Crippen LogP contribution in [0.5, 0.6) is 5.88 Å². The summed E-state index contributed by atoms with van der Waals surface area (Å²) in [7, 11) is 0. The number of H-pyrrole nitrogens is 1. The summed E-state index contributed by atoms with van der Waals surface area (Å²) < 4.78 is 12.7. The summed E-state index contributed by atoms with van der Waals surface area (Å²) >= 11 is 0. The molecule has 0 amide bonds. The first-order valence-corrected chi connectivity index (χ1v) is 8.16. The topological polar surface area (TPSA) is 133 Å². The number of hydrogen-bond donors (Lipinski definition) is 1. The van der Waals surface area contributed by atoms with Crippen molar-refractivity contribution in [3.8, 4) is 17.4 Å². The highest BCUT2D eigenvalue weighted by atomic mass is 16.5. The van der Waals surface area contributed by atoms with Crippen LogP contribution < -0.4 is 4.74 Å². The Balaban J connectivity index is 1.71. The Labute approximate surface area is 151 Å². The van der Waals surface area contributed by atoms with E-state index in [0.29, 0.717) is 40.1 Å². The molecule has 0 radical (unpaired) electrons. The van der Waals surface area contributed by atoms with E-state index in [1.165, 1.54) is 6.33 Å². The monoisotopic (exact) mass is 363 g/mol. The quantitative estimate of drug-likeness (QED) is 0.508. The molecule has 5 rings (SSSR count). The first kappa shape index (κ1) is 15.4. The molecule has 0 aliphatic rings. The van der Waals surface area contributed by atoms with Gasteiger partial charge in [-0.2, -0.15) is 9.61 Å². The molecular formula is C16H13N9O2. The van der Waals surface area contributed by atoms with Crippen LogP contribution in [0, 0.1) is 6.92 Å². The standard InChI is InChI=1S/C16H13N9O2/c1-8-6-11(24-27-8)15-22-21-14-10-4-3-5-17-12(10)16(23-25(14)15)26-9(2)13-18-7-19-20-13/h3-7,9H,1-2H3,(H,18,19,20). The summed E-state index contributed by atoms with van der Waals surface area (Å²) in [5, 5.41) is 24.4. The Kier molecular flexibility index (Phi) is 3.32. The number of nitrogens with one attached hydrogen (secondary N) is 1. The van der Waals surface area contributed by atoms with Gasteiger partial charge in [0.25, 0.3) is 5.88 Å². The van der Waals surface area contributed by atoms with Gasteiger partial charge in [-0.25, -0.2) is 4.98 Å². The van der Waals surface area contributed by atoms with Gasteiger partial charge in [-0.15, -0.1) is 15.3 Å². The smallest absolute Gasteiger partial charge is 0.259 e. The van der Waals surface area contributed by atoms with Crippen molar-refractivity contribution in [2.24, 2.45) is 0 Å². The third kappa shape index (κ3) is 2.47. The first-order valence-electron chi connectivity index (χ1n) is 8.16. The first-order chi connectivity index (χ1) is 13.2. The maximum absolute atomic E-state index is 6.02. The van der Waals surface area contributed by atoms with Crippen molar-refractivity contribution in [3.63, 3.8) is 0 Å². The SMILES string of the molecule is Cc1cc(-c2nnc3c4cccnc4c(OC(C)c4ncn[nH]4)nn23)no1. The van der Waals surface area contributed by atoms with Crippen LogP contribution in [0.25, 0.3) is 28.1 Å². The van der Waals surface area contributed by atoms with Crippen LogP contribution in [-0.4, -0.2) is 45.1 Å². The number of ether oxygens (including phenoxy) is 1. The molecule has 5 heterocycles. The van der Waals surface area contributed by atoms with E-state index in [1.54, 1.807) is 23.7 Å². The lowest BCUT2D eigenvalue weighted by Crippen LogP contribution is -2.09. The Morgan fingerprint density at radius 2 is 2.19 bits per heavy atom. The van der Waals surface area contributed by atoms with Crippen molar-refractivity contribution in [2.75, 3.05) is 0 Å². The maximum Gasteiger partial charge on any atom is 0.259 e. The van der Waals surface area contributed by atoms with Crippen LogP contribution in [0.15, 0.2) is 35.2 Å². The molecule has 5 aromatic heterocycles. The molecule has 0 aromatic carbocycles. The third-order valence-electron chi connectivity index (χ3n) is 4.05. The molecule has 0 fully saturated rings. The van der Waals surface area contributed by atoms with Gasteiger partial charge >= 0.3 is 0 Å². The second kappa shape index (κ2) is 5.83. The van der Waals surface area contributed by atoms with Crippen molar-refractivity contribution in [1.82, 2.24) is 45.1 Å². The number of nitrogens with zero attached hydrogens (tertiary/aromatic N) is 8. The highest BCUT2D eigenvalue weighted by Gasteiger charge is 2.21. The molecule has 11 heteroatoms. The molecule has 0 bridgehead atoms. The Morgan fingerprint density at radius 1 is 1.26 bits per heavy atom. The second-order valence-corrected chi connectivity index (χ2v) is 5.92. The van der Waals surface area contributed by atoms with Crippen LogP contribution in [0.2, 0.25) is 0 Å². The number of aryl methyl sites for hydroxylation is 1. The molecule has 1 atom stereocenters. The minimum absolute atomic E-state index is 0.322. The number of fused-ring (bicyclic) bond motifs is 3. The minimum Gasteiger partial charge on any atom is -0.464 e. The van der Waals surface area contributed by atoms with Crippen molar-refractivity contribution < 1.29 is 9.26 Å². The fraction of sp³-hybridized carbons (Fsp3) is 0.188. The molecule has 0 saturated heterocycles. The van der Waals surface area contributed by atoms with E-state index in [1.807, 2.05) is 19.1 Å².